The summed E-state index contributed by atoms with van der Waals surface area (Å²) in [7, 11) is -3.76. The highest BCUT2D eigenvalue weighted by molar-refractivity contribution is 7.89. The van der Waals surface area contributed by atoms with Crippen LogP contribution in [0.2, 0.25) is 10.0 Å². The lowest BCUT2D eigenvalue weighted by molar-refractivity contribution is 0.314. The lowest BCUT2D eigenvalue weighted by atomic mass is 10.1. The third-order valence-corrected chi connectivity index (χ3v) is 7.69. The Kier molecular flexibility index (Phi) is 4.12. The molecular formula is C18H17Cl2NO2S. The van der Waals surface area contributed by atoms with Gasteiger partial charge in [-0.15, -0.1) is 0 Å². The molecule has 126 valence electrons. The highest BCUT2D eigenvalue weighted by atomic mass is 35.5. The van der Waals surface area contributed by atoms with Gasteiger partial charge in [-0.25, -0.2) is 8.42 Å². The lowest BCUT2D eigenvalue weighted by Crippen LogP contribution is -2.36. The Morgan fingerprint density at radius 2 is 1.58 bits per heavy atom. The zero-order valence-corrected chi connectivity index (χ0v) is 15.3. The van der Waals surface area contributed by atoms with Crippen LogP contribution >= 0.6 is 23.2 Å². The second-order valence-corrected chi connectivity index (χ2v) is 8.96. The molecule has 0 N–H and O–H groups in total. The van der Waals surface area contributed by atoms with E-state index < -0.39 is 10.0 Å². The zero-order chi connectivity index (χ0) is 16.9. The standard InChI is InChI=1S/C18H17Cl2NO2S/c19-15-6-3-7-16(20)18(15)24(22,23)21(13-9-10-13)17-11-8-12-4-1-2-5-14(12)17/h1-7,13,17H,8-11H2. The van der Waals surface area contributed by atoms with Crippen LogP contribution in [0.1, 0.15) is 36.4 Å². The average Bonchev–Trinajstić information content (AvgIpc) is 3.27. The maximum Gasteiger partial charge on any atom is 0.246 e. The van der Waals surface area contributed by atoms with Crippen molar-refractivity contribution in [1.82, 2.24) is 4.31 Å². The van der Waals surface area contributed by atoms with E-state index in [4.69, 9.17) is 23.2 Å². The second-order valence-electron chi connectivity index (χ2n) is 6.37. The van der Waals surface area contributed by atoms with Crippen molar-refractivity contribution in [2.75, 3.05) is 0 Å². The summed E-state index contributed by atoms with van der Waals surface area (Å²) < 4.78 is 28.5. The summed E-state index contributed by atoms with van der Waals surface area (Å²) >= 11 is 12.4. The molecule has 2 aromatic carbocycles. The van der Waals surface area contributed by atoms with Gasteiger partial charge >= 0.3 is 0 Å². The van der Waals surface area contributed by atoms with E-state index in [9.17, 15) is 8.42 Å². The van der Waals surface area contributed by atoms with E-state index in [0.29, 0.717) is 0 Å². The van der Waals surface area contributed by atoms with Crippen LogP contribution < -0.4 is 0 Å². The predicted octanol–water partition coefficient (Wildman–Crippen LogP) is 4.83. The highest BCUT2D eigenvalue weighted by Gasteiger charge is 2.46. The number of fused-ring (bicyclic) bond motifs is 1. The molecule has 1 unspecified atom stereocenters. The Hall–Kier alpha value is -1.07. The Labute approximate surface area is 152 Å². The van der Waals surface area contributed by atoms with E-state index >= 15 is 0 Å². The number of hydrogen-bond acceptors (Lipinski definition) is 2. The first kappa shape index (κ1) is 16.4. The van der Waals surface area contributed by atoms with Gasteiger partial charge in [-0.3, -0.25) is 0 Å². The van der Waals surface area contributed by atoms with Gasteiger partial charge < -0.3 is 0 Å². The number of aryl methyl sites for hydroxylation is 1. The van der Waals surface area contributed by atoms with Gasteiger partial charge in [-0.1, -0.05) is 53.5 Å². The van der Waals surface area contributed by atoms with Gasteiger partial charge in [-0.05, 0) is 48.9 Å². The second kappa shape index (κ2) is 6.03. The molecule has 0 aromatic heterocycles. The molecule has 6 heteroatoms. The van der Waals surface area contributed by atoms with Crippen molar-refractivity contribution in [3.8, 4) is 0 Å². The van der Waals surface area contributed by atoms with Crippen molar-refractivity contribution in [3.05, 3.63) is 63.6 Å². The molecule has 2 aliphatic carbocycles. The van der Waals surface area contributed by atoms with Gasteiger partial charge in [0.05, 0.1) is 16.1 Å². The third-order valence-electron chi connectivity index (χ3n) is 4.77. The molecule has 3 nitrogen and oxygen atoms in total. The molecule has 1 saturated carbocycles. The monoisotopic (exact) mass is 381 g/mol. The number of rotatable bonds is 4. The van der Waals surface area contributed by atoms with Crippen molar-refractivity contribution in [1.29, 1.82) is 0 Å². The fraction of sp³-hybridized carbons (Fsp3) is 0.333. The van der Waals surface area contributed by atoms with Crippen LogP contribution in [-0.4, -0.2) is 18.8 Å². The summed E-state index contributed by atoms with van der Waals surface area (Å²) in [5.74, 6) is 0. The summed E-state index contributed by atoms with van der Waals surface area (Å²) in [5.41, 5.74) is 2.34. The van der Waals surface area contributed by atoms with E-state index in [1.165, 1.54) is 5.56 Å². The van der Waals surface area contributed by atoms with Crippen molar-refractivity contribution >= 4 is 33.2 Å². The third kappa shape index (κ3) is 2.66. The van der Waals surface area contributed by atoms with Crippen LogP contribution in [0.25, 0.3) is 0 Å². The molecule has 24 heavy (non-hydrogen) atoms. The van der Waals surface area contributed by atoms with Crippen molar-refractivity contribution in [3.63, 3.8) is 0 Å². The molecule has 4 rings (SSSR count). The Balaban J connectivity index is 1.83. The Bertz CT molecular complexity index is 873. The van der Waals surface area contributed by atoms with Crippen LogP contribution in [0.15, 0.2) is 47.4 Å². The molecule has 2 aromatic rings. The smallest absolute Gasteiger partial charge is 0.207 e. The number of hydrogen-bond donors (Lipinski definition) is 0. The molecular weight excluding hydrogens is 365 g/mol. The first-order valence-corrected chi connectivity index (χ1v) is 10.2. The average molecular weight is 382 g/mol. The number of halogens is 2. The fourth-order valence-electron chi connectivity index (χ4n) is 3.58. The molecule has 2 aliphatic rings. The SMILES string of the molecule is O=S(=O)(c1c(Cl)cccc1Cl)N(C1CC1)C1CCc2ccccc21. The lowest BCUT2D eigenvalue weighted by Gasteiger charge is -2.29. The maximum atomic E-state index is 13.4. The van der Waals surface area contributed by atoms with Crippen molar-refractivity contribution < 1.29 is 8.42 Å². The van der Waals surface area contributed by atoms with Crippen LogP contribution in [0.3, 0.4) is 0 Å². The minimum Gasteiger partial charge on any atom is -0.207 e. The number of sulfonamides is 1. The van der Waals surface area contributed by atoms with Crippen LogP contribution in [0.5, 0.6) is 0 Å². The predicted molar refractivity (Wildman–Crippen MR) is 96.0 cm³/mol. The topological polar surface area (TPSA) is 37.4 Å². The van der Waals surface area contributed by atoms with Gasteiger partial charge in [0, 0.05) is 6.04 Å². The first-order valence-electron chi connectivity index (χ1n) is 8.05. The Morgan fingerprint density at radius 3 is 2.25 bits per heavy atom. The molecule has 0 heterocycles. The molecule has 0 bridgehead atoms. The molecule has 0 aliphatic heterocycles. The molecule has 0 radical (unpaired) electrons. The zero-order valence-electron chi connectivity index (χ0n) is 13.0. The van der Waals surface area contributed by atoms with E-state index in [2.05, 4.69) is 6.07 Å². The largest absolute Gasteiger partial charge is 0.246 e. The molecule has 1 fully saturated rings. The van der Waals surface area contributed by atoms with Crippen LogP contribution in [0.4, 0.5) is 0 Å². The summed E-state index contributed by atoms with van der Waals surface area (Å²) in [4.78, 5) is 0.0321. The summed E-state index contributed by atoms with van der Waals surface area (Å²) in [5, 5.41) is 0.360. The first-order chi connectivity index (χ1) is 11.5. The molecule has 0 spiro atoms. The minimum absolute atomic E-state index is 0.0321. The fourth-order valence-corrected chi connectivity index (χ4v) is 6.56. The number of nitrogens with zero attached hydrogens (tertiary/aromatic N) is 1. The summed E-state index contributed by atoms with van der Waals surface area (Å²) in [6.45, 7) is 0. The quantitative estimate of drug-likeness (QED) is 0.759. The maximum absolute atomic E-state index is 13.4. The van der Waals surface area contributed by atoms with Gasteiger partial charge in [0.2, 0.25) is 10.0 Å². The molecule has 0 amide bonds. The van der Waals surface area contributed by atoms with Gasteiger partial charge in [-0.2, -0.15) is 4.31 Å². The summed E-state index contributed by atoms with van der Waals surface area (Å²) in [6.07, 6.45) is 3.48. The highest BCUT2D eigenvalue weighted by Crippen LogP contribution is 2.46. The van der Waals surface area contributed by atoms with E-state index in [0.717, 1.165) is 31.2 Å². The van der Waals surface area contributed by atoms with Crippen molar-refractivity contribution in [2.45, 2.75) is 42.7 Å². The number of benzene rings is 2. The minimum atomic E-state index is -3.76. The van der Waals surface area contributed by atoms with Crippen LogP contribution in [-0.2, 0) is 16.4 Å². The van der Waals surface area contributed by atoms with Gasteiger partial charge in [0.15, 0.2) is 0 Å². The van der Waals surface area contributed by atoms with Crippen LogP contribution in [0, 0.1) is 0 Å². The van der Waals surface area contributed by atoms with E-state index in [-0.39, 0.29) is 27.0 Å². The van der Waals surface area contributed by atoms with E-state index in [1.54, 1.807) is 22.5 Å². The van der Waals surface area contributed by atoms with Crippen molar-refractivity contribution in [2.24, 2.45) is 0 Å². The Morgan fingerprint density at radius 1 is 0.917 bits per heavy atom. The normalized spacial score (nSPS) is 20.4. The molecule has 0 saturated heterocycles. The van der Waals surface area contributed by atoms with Gasteiger partial charge in [0.25, 0.3) is 0 Å². The summed E-state index contributed by atoms with van der Waals surface area (Å²) in [6, 6.07) is 12.8. The molecule has 1 atom stereocenters. The van der Waals surface area contributed by atoms with Gasteiger partial charge in [0.1, 0.15) is 4.90 Å². The van der Waals surface area contributed by atoms with E-state index in [1.807, 2.05) is 18.2 Å².